The maximum absolute atomic E-state index is 5.80. The smallest absolute Gasteiger partial charge is 0.123 e. The van der Waals surface area contributed by atoms with Gasteiger partial charge in [-0.1, -0.05) is 50.2 Å². The van der Waals surface area contributed by atoms with Crippen LogP contribution in [0.15, 0.2) is 42.5 Å². The third-order valence-electron chi connectivity index (χ3n) is 3.92. The number of hydrogen-bond donors (Lipinski definition) is 0. The van der Waals surface area contributed by atoms with Gasteiger partial charge < -0.3 is 4.74 Å². The summed E-state index contributed by atoms with van der Waals surface area (Å²) in [7, 11) is 0. The van der Waals surface area contributed by atoms with Gasteiger partial charge in [0.1, 0.15) is 5.75 Å². The number of rotatable bonds is 6. The van der Waals surface area contributed by atoms with Crippen LogP contribution in [0, 0.1) is 6.92 Å². The highest BCUT2D eigenvalue weighted by molar-refractivity contribution is 5.44. The van der Waals surface area contributed by atoms with Crippen molar-refractivity contribution in [2.24, 2.45) is 0 Å². The highest BCUT2D eigenvalue weighted by atomic mass is 16.5. The minimum atomic E-state index is 0.489. The summed E-state index contributed by atoms with van der Waals surface area (Å²) in [5, 5.41) is 0. The first-order chi connectivity index (χ1) is 10.1. The number of aryl methyl sites for hydroxylation is 3. The van der Waals surface area contributed by atoms with Crippen molar-refractivity contribution in [3.05, 3.63) is 64.7 Å². The van der Waals surface area contributed by atoms with Crippen molar-refractivity contribution in [1.29, 1.82) is 0 Å². The minimum Gasteiger partial charge on any atom is -0.494 e. The highest BCUT2D eigenvalue weighted by Crippen LogP contribution is 2.30. The quantitative estimate of drug-likeness (QED) is 0.698. The summed E-state index contributed by atoms with van der Waals surface area (Å²) in [6, 6.07) is 15.2. The van der Waals surface area contributed by atoms with Gasteiger partial charge in [-0.25, -0.2) is 0 Å². The van der Waals surface area contributed by atoms with Gasteiger partial charge in [0.2, 0.25) is 0 Å². The van der Waals surface area contributed by atoms with Crippen LogP contribution in [0.5, 0.6) is 5.75 Å². The van der Waals surface area contributed by atoms with Crippen molar-refractivity contribution in [3.63, 3.8) is 0 Å². The molecule has 0 fully saturated rings. The summed E-state index contributed by atoms with van der Waals surface area (Å²) in [5.74, 6) is 1.54. The third kappa shape index (κ3) is 4.10. The lowest BCUT2D eigenvalue weighted by Crippen LogP contribution is -2.02. The van der Waals surface area contributed by atoms with Gasteiger partial charge in [-0.3, -0.25) is 0 Å². The second-order valence-corrected chi connectivity index (χ2v) is 5.89. The zero-order valence-corrected chi connectivity index (χ0v) is 13.6. The van der Waals surface area contributed by atoms with Crippen LogP contribution in [0.1, 0.15) is 48.9 Å². The van der Waals surface area contributed by atoms with Gasteiger partial charge in [-0.2, -0.15) is 0 Å². The van der Waals surface area contributed by atoms with Crippen LogP contribution in [0.2, 0.25) is 0 Å². The summed E-state index contributed by atoms with van der Waals surface area (Å²) in [6.45, 7) is 9.42. The second kappa shape index (κ2) is 7.31. The fraction of sp³-hybridized carbons (Fsp3) is 0.400. The summed E-state index contributed by atoms with van der Waals surface area (Å²) in [5.41, 5.74) is 5.49. The van der Waals surface area contributed by atoms with Crippen LogP contribution in [-0.4, -0.2) is 6.61 Å². The van der Waals surface area contributed by atoms with E-state index in [9.17, 15) is 0 Å². The van der Waals surface area contributed by atoms with Crippen LogP contribution >= 0.6 is 0 Å². The van der Waals surface area contributed by atoms with Gasteiger partial charge in [0.15, 0.2) is 0 Å². The third-order valence-corrected chi connectivity index (χ3v) is 3.92. The van der Waals surface area contributed by atoms with E-state index < -0.39 is 0 Å². The fourth-order valence-corrected chi connectivity index (χ4v) is 2.67. The molecule has 0 unspecified atom stereocenters. The maximum atomic E-state index is 5.80. The molecule has 112 valence electrons. The van der Waals surface area contributed by atoms with Crippen LogP contribution in [0.4, 0.5) is 0 Å². The number of ether oxygens (including phenoxy) is 1. The van der Waals surface area contributed by atoms with E-state index in [1.165, 1.54) is 22.3 Å². The van der Waals surface area contributed by atoms with Crippen molar-refractivity contribution in [1.82, 2.24) is 0 Å². The Bertz CT molecular complexity index is 570. The first-order valence-corrected chi connectivity index (χ1v) is 7.92. The predicted octanol–water partition coefficient (Wildman–Crippen LogP) is 5.30. The predicted molar refractivity (Wildman–Crippen MR) is 90.3 cm³/mol. The SMILES string of the molecule is CCOc1cc(C)c(CCc2ccccc2)cc1C(C)C. The lowest BCUT2D eigenvalue weighted by molar-refractivity contribution is 0.335. The van der Waals surface area contributed by atoms with Crippen molar-refractivity contribution in [3.8, 4) is 5.75 Å². The molecule has 0 atom stereocenters. The van der Waals surface area contributed by atoms with Crippen molar-refractivity contribution in [2.45, 2.75) is 46.5 Å². The van der Waals surface area contributed by atoms with E-state index in [1.54, 1.807) is 0 Å². The molecule has 1 heteroatoms. The van der Waals surface area contributed by atoms with E-state index >= 15 is 0 Å². The average Bonchev–Trinajstić information content (AvgIpc) is 2.47. The molecule has 0 heterocycles. The van der Waals surface area contributed by atoms with E-state index in [4.69, 9.17) is 4.74 Å². The minimum absolute atomic E-state index is 0.489. The van der Waals surface area contributed by atoms with Gasteiger partial charge >= 0.3 is 0 Å². The Morgan fingerprint density at radius 1 is 1.00 bits per heavy atom. The molecule has 0 aliphatic heterocycles. The Hall–Kier alpha value is -1.76. The zero-order chi connectivity index (χ0) is 15.2. The molecule has 0 amide bonds. The van der Waals surface area contributed by atoms with Gasteiger partial charge in [0.25, 0.3) is 0 Å². The van der Waals surface area contributed by atoms with Gasteiger partial charge in [-0.15, -0.1) is 0 Å². The summed E-state index contributed by atoms with van der Waals surface area (Å²) >= 11 is 0. The fourth-order valence-electron chi connectivity index (χ4n) is 2.67. The molecule has 0 radical (unpaired) electrons. The van der Waals surface area contributed by atoms with Crippen LogP contribution in [0.25, 0.3) is 0 Å². The lowest BCUT2D eigenvalue weighted by atomic mass is 9.93. The molecule has 2 aromatic rings. The van der Waals surface area contributed by atoms with Crippen molar-refractivity contribution >= 4 is 0 Å². The standard InChI is InChI=1S/C20H26O/c1-5-21-20-13-16(4)18(14-19(20)15(2)3)12-11-17-9-7-6-8-10-17/h6-10,13-15H,5,11-12H2,1-4H3. The van der Waals surface area contributed by atoms with E-state index in [-0.39, 0.29) is 0 Å². The highest BCUT2D eigenvalue weighted by Gasteiger charge is 2.11. The van der Waals surface area contributed by atoms with Gasteiger partial charge in [0, 0.05) is 0 Å². The molecule has 2 aromatic carbocycles. The van der Waals surface area contributed by atoms with Gasteiger partial charge in [0.05, 0.1) is 6.61 Å². The van der Waals surface area contributed by atoms with Gasteiger partial charge in [-0.05, 0) is 60.9 Å². The molecule has 0 aromatic heterocycles. The monoisotopic (exact) mass is 282 g/mol. The Kier molecular flexibility index (Phi) is 5.44. The zero-order valence-electron chi connectivity index (χ0n) is 13.6. The molecule has 0 aliphatic carbocycles. The Morgan fingerprint density at radius 3 is 2.33 bits per heavy atom. The maximum Gasteiger partial charge on any atom is 0.123 e. The Morgan fingerprint density at radius 2 is 1.71 bits per heavy atom. The van der Waals surface area contributed by atoms with E-state index in [2.05, 4.69) is 63.2 Å². The van der Waals surface area contributed by atoms with Crippen LogP contribution in [-0.2, 0) is 12.8 Å². The van der Waals surface area contributed by atoms with E-state index in [1.807, 2.05) is 6.92 Å². The molecule has 0 bridgehead atoms. The molecule has 2 rings (SSSR count). The molecule has 1 nitrogen and oxygen atoms in total. The summed E-state index contributed by atoms with van der Waals surface area (Å²) in [4.78, 5) is 0. The molecule has 0 aliphatic rings. The van der Waals surface area contributed by atoms with E-state index in [0.29, 0.717) is 5.92 Å². The van der Waals surface area contributed by atoms with E-state index in [0.717, 1.165) is 25.2 Å². The normalized spacial score (nSPS) is 10.9. The lowest BCUT2D eigenvalue weighted by Gasteiger charge is -2.17. The molecular weight excluding hydrogens is 256 g/mol. The van der Waals surface area contributed by atoms with Crippen molar-refractivity contribution in [2.75, 3.05) is 6.61 Å². The largest absolute Gasteiger partial charge is 0.494 e. The molecule has 21 heavy (non-hydrogen) atoms. The molecule has 0 spiro atoms. The Balaban J connectivity index is 2.21. The summed E-state index contributed by atoms with van der Waals surface area (Å²) in [6.07, 6.45) is 2.18. The second-order valence-electron chi connectivity index (χ2n) is 5.89. The van der Waals surface area contributed by atoms with Crippen LogP contribution < -0.4 is 4.74 Å². The van der Waals surface area contributed by atoms with Crippen molar-refractivity contribution < 1.29 is 4.74 Å². The average molecular weight is 282 g/mol. The number of benzene rings is 2. The molecular formula is C20H26O. The molecule has 0 saturated heterocycles. The topological polar surface area (TPSA) is 9.23 Å². The first kappa shape index (κ1) is 15.6. The Labute approximate surface area is 129 Å². The molecule has 0 saturated carbocycles. The first-order valence-electron chi connectivity index (χ1n) is 7.92. The molecule has 0 N–H and O–H groups in total. The number of hydrogen-bond acceptors (Lipinski definition) is 1. The van der Waals surface area contributed by atoms with Crippen LogP contribution in [0.3, 0.4) is 0 Å². The summed E-state index contributed by atoms with van der Waals surface area (Å²) < 4.78 is 5.80.